The van der Waals surface area contributed by atoms with Crippen LogP contribution in [0.3, 0.4) is 0 Å². The van der Waals surface area contributed by atoms with E-state index in [1.807, 2.05) is 57.9 Å². The fourth-order valence-corrected chi connectivity index (χ4v) is 3.01. The number of hydrogen-bond acceptors (Lipinski definition) is 6. The van der Waals surface area contributed by atoms with Gasteiger partial charge < -0.3 is 55.0 Å². The van der Waals surface area contributed by atoms with Gasteiger partial charge in [0, 0.05) is 23.3 Å². The zero-order chi connectivity index (χ0) is 22.8. The molecule has 0 unspecified atom stereocenters. The van der Waals surface area contributed by atoms with Gasteiger partial charge in [-0.3, -0.25) is 9.59 Å². The maximum absolute atomic E-state index is 11.5. The van der Waals surface area contributed by atoms with Crippen LogP contribution in [0.5, 0.6) is 0 Å². The van der Waals surface area contributed by atoms with Crippen molar-refractivity contribution in [2.45, 2.75) is 13.1 Å². The number of nitrogens with zero attached hydrogens (tertiary/aromatic N) is 4. The average Bonchev–Trinajstić information content (AvgIpc) is 2.76. The third-order valence-corrected chi connectivity index (χ3v) is 4.35. The van der Waals surface area contributed by atoms with E-state index in [0.29, 0.717) is 24.5 Å². The number of carbonyl (C=O) groups is 2. The summed E-state index contributed by atoms with van der Waals surface area (Å²) < 4.78 is 3.86. The molecule has 2 amide bonds. The highest BCUT2D eigenvalue weighted by atomic mass is 79.9. The lowest BCUT2D eigenvalue weighted by Gasteiger charge is -2.04. The first kappa shape index (κ1) is 28.4. The molecule has 4 N–H and O–H groups in total. The van der Waals surface area contributed by atoms with Crippen LogP contribution in [0.4, 0.5) is 11.4 Å². The minimum Gasteiger partial charge on any atom is -1.00 e. The van der Waals surface area contributed by atoms with Gasteiger partial charge in [-0.25, -0.2) is 0 Å². The number of aromatic nitrogens is 2. The van der Waals surface area contributed by atoms with Crippen LogP contribution >= 0.6 is 0 Å². The van der Waals surface area contributed by atoms with Crippen LogP contribution in [0.25, 0.3) is 0 Å². The van der Waals surface area contributed by atoms with E-state index in [2.05, 4.69) is 20.9 Å². The quantitative estimate of drug-likeness (QED) is 0.0903. The van der Waals surface area contributed by atoms with Crippen LogP contribution in [-0.4, -0.2) is 34.7 Å². The standard InChI is InChI=1S/C22H20N6O4.2BrH/c29-21(11-23-31)25-19-3-1-9-27(15-19)13-17-5-7-18(8-6-17)14-28-10-2-4-20(16-28)26-22(30)12-24-32;;/h1-12,15-16H,13-14H2,(H2-2,25,26,29,30,31,32);2*1H. The Morgan fingerprint density at radius 2 is 1.12 bits per heavy atom. The molecule has 0 aliphatic carbocycles. The Hall–Kier alpha value is -3.64. The first-order valence-electron chi connectivity index (χ1n) is 9.58. The molecule has 178 valence electrons. The van der Waals surface area contributed by atoms with Crippen LogP contribution in [0.1, 0.15) is 11.1 Å². The second-order valence-corrected chi connectivity index (χ2v) is 6.81. The Morgan fingerprint density at radius 1 is 0.735 bits per heavy atom. The molecule has 0 bridgehead atoms. The van der Waals surface area contributed by atoms with Gasteiger partial charge in [0.25, 0.3) is 11.8 Å². The molecule has 0 saturated heterocycles. The molecule has 1 aromatic carbocycles. The first-order valence-corrected chi connectivity index (χ1v) is 9.58. The lowest BCUT2D eigenvalue weighted by molar-refractivity contribution is -0.688. The fourth-order valence-electron chi connectivity index (χ4n) is 3.01. The largest absolute Gasteiger partial charge is 1.00 e. The number of oxime groups is 2. The highest BCUT2D eigenvalue weighted by Gasteiger charge is 2.09. The van der Waals surface area contributed by atoms with Crippen LogP contribution in [-0.2, 0) is 22.7 Å². The predicted octanol–water partition coefficient (Wildman–Crippen LogP) is -4.84. The number of pyridine rings is 2. The summed E-state index contributed by atoms with van der Waals surface area (Å²) in [6, 6.07) is 15.2. The highest BCUT2D eigenvalue weighted by molar-refractivity contribution is 6.31. The van der Waals surface area contributed by atoms with E-state index in [1.54, 1.807) is 24.5 Å². The number of halogens is 2. The van der Waals surface area contributed by atoms with E-state index in [1.165, 1.54) is 0 Å². The van der Waals surface area contributed by atoms with Crippen molar-refractivity contribution in [3.05, 3.63) is 84.4 Å². The summed E-state index contributed by atoms with van der Waals surface area (Å²) in [5.41, 5.74) is 3.33. The summed E-state index contributed by atoms with van der Waals surface area (Å²) in [4.78, 5) is 23.0. The van der Waals surface area contributed by atoms with E-state index < -0.39 is 11.8 Å². The molecule has 3 aromatic rings. The number of carbonyl (C=O) groups excluding carboxylic acids is 2. The molecule has 2 aromatic heterocycles. The molecule has 0 atom stereocenters. The van der Waals surface area contributed by atoms with Crippen molar-refractivity contribution < 1.29 is 63.1 Å². The summed E-state index contributed by atoms with van der Waals surface area (Å²) >= 11 is 0. The third-order valence-electron chi connectivity index (χ3n) is 4.35. The van der Waals surface area contributed by atoms with E-state index in [4.69, 9.17) is 10.4 Å². The zero-order valence-corrected chi connectivity index (χ0v) is 20.9. The molecule has 0 aliphatic rings. The Bertz CT molecular complexity index is 1070. The fraction of sp³-hybridized carbons (Fsp3) is 0.0909. The molecule has 0 spiro atoms. The highest BCUT2D eigenvalue weighted by Crippen LogP contribution is 2.07. The van der Waals surface area contributed by atoms with Crippen molar-refractivity contribution in [2.75, 3.05) is 10.6 Å². The van der Waals surface area contributed by atoms with Gasteiger partial charge in [-0.05, 0) is 12.1 Å². The van der Waals surface area contributed by atoms with Crippen LogP contribution in [0.2, 0.25) is 0 Å². The van der Waals surface area contributed by atoms with Crippen LogP contribution in [0, 0.1) is 0 Å². The van der Waals surface area contributed by atoms with Gasteiger partial charge >= 0.3 is 0 Å². The lowest BCUT2D eigenvalue weighted by Crippen LogP contribution is -3.00. The summed E-state index contributed by atoms with van der Waals surface area (Å²) in [7, 11) is 0. The van der Waals surface area contributed by atoms with Crippen LogP contribution in [0.15, 0.2) is 83.6 Å². The van der Waals surface area contributed by atoms with Gasteiger partial charge in [-0.15, -0.1) is 0 Å². The SMILES string of the molecule is O=C(/C=N/O)Nc1ccc[n+](Cc2ccc(C[n+]3cccc(NC(=O)/C=N/O)c3)cc2)c1.[Br-].[Br-]. The van der Waals surface area contributed by atoms with Crippen LogP contribution < -0.4 is 53.7 Å². The minimum atomic E-state index is -0.516. The number of amides is 2. The molecule has 2 heterocycles. The van der Waals surface area contributed by atoms with E-state index in [9.17, 15) is 9.59 Å². The van der Waals surface area contributed by atoms with Gasteiger partial charge in [0.15, 0.2) is 37.9 Å². The molecular weight excluding hydrogens is 572 g/mol. The van der Waals surface area contributed by atoms with Gasteiger partial charge in [-0.2, -0.15) is 9.13 Å². The Morgan fingerprint density at radius 3 is 1.47 bits per heavy atom. The molecule has 0 saturated carbocycles. The number of nitrogens with one attached hydrogen (secondary N) is 2. The predicted molar refractivity (Wildman–Crippen MR) is 116 cm³/mol. The summed E-state index contributed by atoms with van der Waals surface area (Å²) in [5, 5.41) is 27.5. The molecule has 0 radical (unpaired) electrons. The number of hydrogen-bond donors (Lipinski definition) is 4. The maximum atomic E-state index is 11.5. The second-order valence-electron chi connectivity index (χ2n) is 6.81. The maximum Gasteiger partial charge on any atom is 0.270 e. The average molecular weight is 594 g/mol. The lowest BCUT2D eigenvalue weighted by atomic mass is 10.1. The topological polar surface area (TPSA) is 131 Å². The Kier molecular flexibility index (Phi) is 12.1. The van der Waals surface area contributed by atoms with Crippen molar-refractivity contribution >= 4 is 35.6 Å². The van der Waals surface area contributed by atoms with Gasteiger partial charge in [-0.1, -0.05) is 34.6 Å². The number of anilines is 2. The zero-order valence-electron chi connectivity index (χ0n) is 17.8. The monoisotopic (exact) mass is 592 g/mol. The van der Waals surface area contributed by atoms with Gasteiger partial charge in [0.1, 0.15) is 23.8 Å². The van der Waals surface area contributed by atoms with E-state index in [-0.39, 0.29) is 34.0 Å². The summed E-state index contributed by atoms with van der Waals surface area (Å²) in [6.45, 7) is 1.22. The smallest absolute Gasteiger partial charge is 0.270 e. The first-order chi connectivity index (χ1) is 15.6. The molecule has 12 heteroatoms. The van der Waals surface area contributed by atoms with E-state index >= 15 is 0 Å². The molecule has 10 nitrogen and oxygen atoms in total. The molecule has 0 fully saturated rings. The van der Waals surface area contributed by atoms with Crippen molar-refractivity contribution in [1.82, 2.24) is 0 Å². The second kappa shape index (κ2) is 14.5. The summed E-state index contributed by atoms with van der Waals surface area (Å²) in [6.07, 6.45) is 8.94. The molecular formula is C22H22Br2N6O4. The third kappa shape index (κ3) is 9.08. The molecule has 3 rings (SSSR count). The van der Waals surface area contributed by atoms with Crippen molar-refractivity contribution in [1.29, 1.82) is 0 Å². The molecule has 34 heavy (non-hydrogen) atoms. The number of benzene rings is 1. The molecule has 0 aliphatic heterocycles. The van der Waals surface area contributed by atoms with Crippen molar-refractivity contribution in [3.63, 3.8) is 0 Å². The van der Waals surface area contributed by atoms with Crippen molar-refractivity contribution in [3.8, 4) is 0 Å². The normalized spacial score (nSPS) is 10.4. The minimum absolute atomic E-state index is 0. The Balaban J connectivity index is 0.00000289. The van der Waals surface area contributed by atoms with Gasteiger partial charge in [0.2, 0.25) is 0 Å². The number of rotatable bonds is 8. The van der Waals surface area contributed by atoms with E-state index in [0.717, 1.165) is 23.6 Å². The van der Waals surface area contributed by atoms with Crippen molar-refractivity contribution in [2.24, 2.45) is 10.3 Å². The summed E-state index contributed by atoms with van der Waals surface area (Å²) in [5.74, 6) is -1.03. The Labute approximate surface area is 216 Å². The van der Waals surface area contributed by atoms with Gasteiger partial charge in [0.05, 0.1) is 0 Å².